The van der Waals surface area contributed by atoms with E-state index in [1.54, 1.807) is 6.07 Å². The zero-order valence-corrected chi connectivity index (χ0v) is 11.4. The van der Waals surface area contributed by atoms with Crippen LogP contribution in [0.2, 0.25) is 0 Å². The Morgan fingerprint density at radius 3 is 2.82 bits per heavy atom. The van der Waals surface area contributed by atoms with Crippen LogP contribution in [-0.2, 0) is 0 Å². The molecule has 1 aliphatic rings. The third-order valence-electron chi connectivity index (χ3n) is 3.40. The molecule has 0 fully saturated rings. The number of benzene rings is 1. The number of aromatic nitrogens is 3. The first kappa shape index (κ1) is 12.6. The average Bonchev–Trinajstić information content (AvgIpc) is 2.97. The number of aromatic carboxylic acids is 1. The summed E-state index contributed by atoms with van der Waals surface area (Å²) in [4.78, 5) is 15.1. The van der Waals surface area contributed by atoms with E-state index in [0.717, 1.165) is 5.56 Å². The van der Waals surface area contributed by atoms with Crippen molar-refractivity contribution in [1.29, 1.82) is 0 Å². The Bertz CT molecular complexity index is 888. The predicted octanol–water partition coefficient (Wildman–Crippen LogP) is 1.87. The van der Waals surface area contributed by atoms with Crippen molar-refractivity contribution in [2.24, 2.45) is 0 Å². The fourth-order valence-corrected chi connectivity index (χ4v) is 2.33. The lowest BCUT2D eigenvalue weighted by Crippen LogP contribution is -2.15. The van der Waals surface area contributed by atoms with Crippen LogP contribution in [0.3, 0.4) is 0 Å². The molecule has 0 bridgehead atoms. The van der Waals surface area contributed by atoms with Gasteiger partial charge in [-0.15, -0.1) is 0 Å². The number of carboxylic acids is 1. The van der Waals surface area contributed by atoms with Crippen LogP contribution in [0.25, 0.3) is 16.9 Å². The van der Waals surface area contributed by atoms with Crippen molar-refractivity contribution in [2.75, 3.05) is 13.2 Å². The van der Waals surface area contributed by atoms with Gasteiger partial charge in [0.2, 0.25) is 0 Å². The van der Waals surface area contributed by atoms with E-state index in [1.807, 2.05) is 18.2 Å². The van der Waals surface area contributed by atoms with Crippen molar-refractivity contribution in [3.8, 4) is 22.8 Å². The molecular weight excluding hydrogens is 286 g/mol. The normalized spacial score (nSPS) is 13.3. The maximum Gasteiger partial charge on any atom is 0.338 e. The van der Waals surface area contributed by atoms with Gasteiger partial charge in [0.1, 0.15) is 13.2 Å². The fraction of sp³-hybridized carbons (Fsp3) is 0.133. The highest BCUT2D eigenvalue weighted by Crippen LogP contribution is 2.34. The largest absolute Gasteiger partial charge is 0.486 e. The van der Waals surface area contributed by atoms with Crippen LogP contribution in [0, 0.1) is 0 Å². The van der Waals surface area contributed by atoms with Gasteiger partial charge in [-0.1, -0.05) is 0 Å². The van der Waals surface area contributed by atoms with Gasteiger partial charge in [0.25, 0.3) is 0 Å². The molecule has 0 amide bonds. The molecule has 0 saturated carbocycles. The molecular formula is C15H11N3O4. The van der Waals surface area contributed by atoms with Crippen molar-refractivity contribution >= 4 is 11.6 Å². The first-order valence-electron chi connectivity index (χ1n) is 6.69. The maximum absolute atomic E-state index is 11.0. The van der Waals surface area contributed by atoms with Crippen LogP contribution in [0.5, 0.6) is 11.5 Å². The highest BCUT2D eigenvalue weighted by atomic mass is 16.6. The fourth-order valence-electron chi connectivity index (χ4n) is 2.33. The van der Waals surface area contributed by atoms with Gasteiger partial charge in [0, 0.05) is 24.0 Å². The van der Waals surface area contributed by atoms with E-state index in [-0.39, 0.29) is 5.56 Å². The number of hydrogen-bond acceptors (Lipinski definition) is 5. The predicted molar refractivity (Wildman–Crippen MR) is 76.4 cm³/mol. The molecule has 7 nitrogen and oxygen atoms in total. The highest BCUT2D eigenvalue weighted by molar-refractivity contribution is 5.87. The lowest BCUT2D eigenvalue weighted by atomic mass is 10.1. The minimum atomic E-state index is -1.04. The summed E-state index contributed by atoms with van der Waals surface area (Å²) in [6, 6.07) is 7.36. The van der Waals surface area contributed by atoms with Crippen LogP contribution in [0.1, 0.15) is 10.4 Å². The smallest absolute Gasteiger partial charge is 0.338 e. The van der Waals surface area contributed by atoms with Gasteiger partial charge in [-0.25, -0.2) is 14.3 Å². The number of rotatable bonds is 2. The van der Waals surface area contributed by atoms with Crippen LogP contribution in [0.15, 0.2) is 36.7 Å². The molecule has 110 valence electrons. The van der Waals surface area contributed by atoms with E-state index in [1.165, 1.54) is 16.9 Å². The zero-order chi connectivity index (χ0) is 15.1. The number of hydrogen-bond donors (Lipinski definition) is 1. The van der Waals surface area contributed by atoms with E-state index >= 15 is 0 Å². The van der Waals surface area contributed by atoms with Crippen LogP contribution in [0.4, 0.5) is 0 Å². The molecule has 4 rings (SSSR count). The SMILES string of the molecule is O=C(O)c1cnc2cc(-c3ccc4c(c3)OCCO4)nn2c1. The molecule has 1 N–H and O–H groups in total. The standard InChI is InChI=1S/C15H11N3O4/c19-15(20)10-7-16-14-6-11(17-18(14)8-10)9-1-2-12-13(5-9)22-4-3-21-12/h1-2,5-8H,3-4H2,(H,19,20). The lowest BCUT2D eigenvalue weighted by molar-refractivity contribution is 0.0695. The van der Waals surface area contributed by atoms with Crippen molar-refractivity contribution in [2.45, 2.75) is 0 Å². The molecule has 1 aliphatic heterocycles. The van der Waals surface area contributed by atoms with Gasteiger partial charge in [-0.2, -0.15) is 5.10 Å². The monoisotopic (exact) mass is 297 g/mol. The van der Waals surface area contributed by atoms with E-state index in [4.69, 9.17) is 14.6 Å². The maximum atomic E-state index is 11.0. The summed E-state index contributed by atoms with van der Waals surface area (Å²) in [6.07, 6.45) is 2.75. The number of nitrogens with zero attached hydrogens (tertiary/aromatic N) is 3. The first-order valence-corrected chi connectivity index (χ1v) is 6.69. The highest BCUT2D eigenvalue weighted by Gasteiger charge is 2.14. The summed E-state index contributed by atoms with van der Waals surface area (Å²) in [5.41, 5.74) is 2.21. The molecule has 0 saturated heterocycles. The second-order valence-electron chi connectivity index (χ2n) is 4.84. The molecule has 22 heavy (non-hydrogen) atoms. The summed E-state index contributed by atoms with van der Waals surface area (Å²) < 4.78 is 12.5. The molecule has 0 atom stereocenters. The lowest BCUT2D eigenvalue weighted by Gasteiger charge is -2.18. The Balaban J connectivity index is 1.79. The van der Waals surface area contributed by atoms with Gasteiger partial charge in [0.15, 0.2) is 17.1 Å². The second kappa shape index (κ2) is 4.73. The number of ether oxygens (including phenoxy) is 2. The van der Waals surface area contributed by atoms with Gasteiger partial charge < -0.3 is 14.6 Å². The van der Waals surface area contributed by atoms with E-state index in [9.17, 15) is 4.79 Å². The van der Waals surface area contributed by atoms with Crippen LogP contribution < -0.4 is 9.47 Å². The van der Waals surface area contributed by atoms with Gasteiger partial charge in [0.05, 0.1) is 11.3 Å². The second-order valence-corrected chi connectivity index (χ2v) is 4.84. The summed E-state index contributed by atoms with van der Waals surface area (Å²) in [5, 5.41) is 13.4. The van der Waals surface area contributed by atoms with Gasteiger partial charge in [-0.3, -0.25) is 0 Å². The van der Waals surface area contributed by atoms with Crippen molar-refractivity contribution in [3.05, 3.63) is 42.2 Å². The number of carbonyl (C=O) groups is 1. The Kier molecular flexibility index (Phi) is 2.72. The van der Waals surface area contributed by atoms with Crippen LogP contribution in [-0.4, -0.2) is 38.9 Å². The molecule has 2 aromatic heterocycles. The quantitative estimate of drug-likeness (QED) is 0.777. The summed E-state index contributed by atoms with van der Waals surface area (Å²) in [5.74, 6) is 0.357. The Morgan fingerprint density at radius 1 is 1.18 bits per heavy atom. The third kappa shape index (κ3) is 2.03. The molecule has 1 aromatic carbocycles. The zero-order valence-electron chi connectivity index (χ0n) is 11.4. The van der Waals surface area contributed by atoms with Crippen molar-refractivity contribution < 1.29 is 19.4 Å². The molecule has 7 heteroatoms. The summed E-state index contributed by atoms with van der Waals surface area (Å²) in [6.45, 7) is 1.06. The minimum absolute atomic E-state index is 0.0873. The van der Waals surface area contributed by atoms with E-state index in [0.29, 0.717) is 36.1 Å². The Labute approximate surface area is 124 Å². The number of carboxylic acid groups (broad SMARTS) is 1. The molecule has 3 heterocycles. The van der Waals surface area contributed by atoms with E-state index in [2.05, 4.69) is 10.1 Å². The minimum Gasteiger partial charge on any atom is -0.486 e. The molecule has 3 aromatic rings. The molecule has 0 unspecified atom stereocenters. The molecule has 0 spiro atoms. The Morgan fingerprint density at radius 2 is 2.00 bits per heavy atom. The topological polar surface area (TPSA) is 86.0 Å². The van der Waals surface area contributed by atoms with Crippen molar-refractivity contribution in [3.63, 3.8) is 0 Å². The first-order chi connectivity index (χ1) is 10.7. The third-order valence-corrected chi connectivity index (χ3v) is 3.40. The van der Waals surface area contributed by atoms with Gasteiger partial charge >= 0.3 is 5.97 Å². The summed E-state index contributed by atoms with van der Waals surface area (Å²) >= 11 is 0. The molecule has 0 aliphatic carbocycles. The Hall–Kier alpha value is -3.09. The van der Waals surface area contributed by atoms with Crippen molar-refractivity contribution in [1.82, 2.24) is 14.6 Å². The van der Waals surface area contributed by atoms with E-state index < -0.39 is 5.97 Å². The average molecular weight is 297 g/mol. The number of fused-ring (bicyclic) bond motifs is 2. The summed E-state index contributed by atoms with van der Waals surface area (Å²) in [7, 11) is 0. The van der Waals surface area contributed by atoms with Crippen LogP contribution >= 0.6 is 0 Å². The van der Waals surface area contributed by atoms with Gasteiger partial charge in [-0.05, 0) is 18.2 Å². The molecule has 0 radical (unpaired) electrons.